The summed E-state index contributed by atoms with van der Waals surface area (Å²) in [6, 6.07) is 7.32. The molecule has 0 atom stereocenters. The average molecular weight is 343 g/mol. The molecule has 1 nitrogen and oxygen atoms in total. The van der Waals surface area contributed by atoms with E-state index in [1.165, 1.54) is 40.5 Å². The number of benzene rings is 1. The monoisotopic (exact) mass is 343 g/mol. The Morgan fingerprint density at radius 1 is 1.24 bits per heavy atom. The fourth-order valence-electron chi connectivity index (χ4n) is 2.55. The third-order valence-corrected chi connectivity index (χ3v) is 4.56. The lowest BCUT2D eigenvalue weighted by atomic mass is 9.75. The lowest BCUT2D eigenvalue weighted by molar-refractivity contribution is 0.232. The van der Waals surface area contributed by atoms with E-state index in [1.54, 1.807) is 0 Å². The molecule has 1 aliphatic rings. The van der Waals surface area contributed by atoms with E-state index in [0.717, 1.165) is 0 Å². The maximum atomic E-state index is 3.71. The molecule has 1 fully saturated rings. The molecular weight excluding hydrogens is 321 g/mol. The summed E-state index contributed by atoms with van der Waals surface area (Å²) in [4.78, 5) is 0. The molecule has 1 saturated carbocycles. The minimum atomic E-state index is 0.555. The van der Waals surface area contributed by atoms with Crippen LogP contribution in [0.3, 0.4) is 0 Å². The molecule has 1 aliphatic carbocycles. The molecule has 0 saturated heterocycles. The molecule has 0 unspecified atom stereocenters. The van der Waals surface area contributed by atoms with Gasteiger partial charge in [0, 0.05) is 15.3 Å². The summed E-state index contributed by atoms with van der Waals surface area (Å²) in [5.74, 6) is 0. The van der Waals surface area contributed by atoms with Crippen molar-refractivity contribution in [3.63, 3.8) is 0 Å². The SMILES string of the molecule is Cc1cc(I)ccc1NC1CCC(C)(C)CC1. The lowest BCUT2D eigenvalue weighted by Gasteiger charge is -2.35. The molecule has 0 radical (unpaired) electrons. The number of hydrogen-bond donors (Lipinski definition) is 1. The van der Waals surface area contributed by atoms with Gasteiger partial charge in [-0.3, -0.25) is 0 Å². The van der Waals surface area contributed by atoms with Crippen molar-refractivity contribution in [1.29, 1.82) is 0 Å². The highest BCUT2D eigenvalue weighted by Crippen LogP contribution is 2.36. The Kier molecular flexibility index (Phi) is 4.01. The molecule has 0 aromatic heterocycles. The first-order valence-electron chi connectivity index (χ1n) is 6.49. The van der Waals surface area contributed by atoms with Gasteiger partial charge in [0.15, 0.2) is 0 Å². The van der Waals surface area contributed by atoms with Gasteiger partial charge in [-0.05, 0) is 84.4 Å². The molecule has 94 valence electrons. The topological polar surface area (TPSA) is 12.0 Å². The molecule has 0 amide bonds. The predicted octanol–water partition coefficient (Wildman–Crippen LogP) is 4.98. The van der Waals surface area contributed by atoms with Gasteiger partial charge in [-0.2, -0.15) is 0 Å². The van der Waals surface area contributed by atoms with E-state index in [4.69, 9.17) is 0 Å². The van der Waals surface area contributed by atoms with Gasteiger partial charge in [0.1, 0.15) is 0 Å². The molecule has 1 aromatic carbocycles. The largest absolute Gasteiger partial charge is 0.382 e. The minimum absolute atomic E-state index is 0.555. The van der Waals surface area contributed by atoms with Crippen LogP contribution in [-0.4, -0.2) is 6.04 Å². The summed E-state index contributed by atoms with van der Waals surface area (Å²) in [6.07, 6.45) is 5.29. The Morgan fingerprint density at radius 3 is 2.47 bits per heavy atom. The van der Waals surface area contributed by atoms with Crippen LogP contribution in [0.1, 0.15) is 45.1 Å². The maximum absolute atomic E-state index is 3.71. The third kappa shape index (κ3) is 3.60. The number of aryl methyl sites for hydroxylation is 1. The van der Waals surface area contributed by atoms with Crippen LogP contribution >= 0.6 is 22.6 Å². The molecule has 0 bridgehead atoms. The Labute approximate surface area is 119 Å². The molecule has 1 aromatic rings. The van der Waals surface area contributed by atoms with Crippen LogP contribution in [0.4, 0.5) is 5.69 Å². The molecule has 0 aliphatic heterocycles. The second-order valence-corrected chi connectivity index (χ2v) is 7.29. The van der Waals surface area contributed by atoms with Crippen molar-refractivity contribution in [2.45, 2.75) is 52.5 Å². The molecule has 0 spiro atoms. The molecule has 2 rings (SSSR count). The van der Waals surface area contributed by atoms with Crippen LogP contribution in [0.25, 0.3) is 0 Å². The minimum Gasteiger partial charge on any atom is -0.382 e. The van der Waals surface area contributed by atoms with E-state index < -0.39 is 0 Å². The lowest BCUT2D eigenvalue weighted by Crippen LogP contribution is -2.30. The van der Waals surface area contributed by atoms with E-state index in [9.17, 15) is 0 Å². The number of rotatable bonds is 2. The van der Waals surface area contributed by atoms with Gasteiger partial charge in [0.05, 0.1) is 0 Å². The Balaban J connectivity index is 1.98. The van der Waals surface area contributed by atoms with E-state index >= 15 is 0 Å². The van der Waals surface area contributed by atoms with Crippen molar-refractivity contribution in [1.82, 2.24) is 0 Å². The summed E-state index contributed by atoms with van der Waals surface area (Å²) in [7, 11) is 0. The number of anilines is 1. The summed E-state index contributed by atoms with van der Waals surface area (Å²) >= 11 is 2.37. The summed E-state index contributed by atoms with van der Waals surface area (Å²) in [6.45, 7) is 6.97. The first-order valence-corrected chi connectivity index (χ1v) is 7.57. The highest BCUT2D eigenvalue weighted by molar-refractivity contribution is 14.1. The normalized spacial score (nSPS) is 20.2. The van der Waals surface area contributed by atoms with E-state index in [-0.39, 0.29) is 0 Å². The zero-order chi connectivity index (χ0) is 12.5. The van der Waals surface area contributed by atoms with Crippen molar-refractivity contribution in [2.24, 2.45) is 5.41 Å². The number of nitrogens with one attached hydrogen (secondary N) is 1. The van der Waals surface area contributed by atoms with E-state index in [2.05, 4.69) is 66.9 Å². The van der Waals surface area contributed by atoms with Gasteiger partial charge in [0.2, 0.25) is 0 Å². The van der Waals surface area contributed by atoms with Crippen molar-refractivity contribution in [2.75, 3.05) is 5.32 Å². The fourth-order valence-corrected chi connectivity index (χ4v) is 3.20. The Morgan fingerprint density at radius 2 is 1.88 bits per heavy atom. The maximum Gasteiger partial charge on any atom is 0.0372 e. The Hall–Kier alpha value is -0.250. The molecular formula is C15H22IN. The van der Waals surface area contributed by atoms with Crippen LogP contribution in [-0.2, 0) is 0 Å². The van der Waals surface area contributed by atoms with Gasteiger partial charge in [-0.25, -0.2) is 0 Å². The van der Waals surface area contributed by atoms with E-state index in [1.807, 2.05) is 0 Å². The average Bonchev–Trinajstić information content (AvgIpc) is 2.25. The Bertz CT molecular complexity index is 388. The predicted molar refractivity (Wildman–Crippen MR) is 83.6 cm³/mol. The van der Waals surface area contributed by atoms with E-state index in [0.29, 0.717) is 11.5 Å². The van der Waals surface area contributed by atoms with Crippen LogP contribution in [0.15, 0.2) is 18.2 Å². The van der Waals surface area contributed by atoms with Gasteiger partial charge < -0.3 is 5.32 Å². The molecule has 17 heavy (non-hydrogen) atoms. The third-order valence-electron chi connectivity index (χ3n) is 3.89. The number of halogens is 1. The highest BCUT2D eigenvalue weighted by atomic mass is 127. The summed E-state index contributed by atoms with van der Waals surface area (Å²) in [5, 5.41) is 3.71. The van der Waals surface area contributed by atoms with Crippen LogP contribution in [0.2, 0.25) is 0 Å². The number of hydrogen-bond acceptors (Lipinski definition) is 1. The summed E-state index contributed by atoms with van der Waals surface area (Å²) < 4.78 is 1.32. The summed E-state index contributed by atoms with van der Waals surface area (Å²) in [5.41, 5.74) is 3.23. The van der Waals surface area contributed by atoms with Crippen molar-refractivity contribution in [3.8, 4) is 0 Å². The van der Waals surface area contributed by atoms with Gasteiger partial charge >= 0.3 is 0 Å². The van der Waals surface area contributed by atoms with Crippen LogP contribution < -0.4 is 5.32 Å². The van der Waals surface area contributed by atoms with Crippen molar-refractivity contribution < 1.29 is 0 Å². The van der Waals surface area contributed by atoms with Crippen LogP contribution in [0.5, 0.6) is 0 Å². The van der Waals surface area contributed by atoms with Crippen molar-refractivity contribution in [3.05, 3.63) is 27.3 Å². The van der Waals surface area contributed by atoms with Crippen LogP contribution in [0, 0.1) is 15.9 Å². The van der Waals surface area contributed by atoms with Crippen molar-refractivity contribution >= 4 is 28.3 Å². The standard InChI is InChI=1S/C15H22IN/c1-11-10-12(16)4-5-14(11)17-13-6-8-15(2,3)9-7-13/h4-5,10,13,17H,6-9H2,1-3H3. The first kappa shape index (κ1) is 13.2. The van der Waals surface area contributed by atoms with Gasteiger partial charge in [-0.1, -0.05) is 13.8 Å². The molecule has 0 heterocycles. The fraction of sp³-hybridized carbons (Fsp3) is 0.600. The van der Waals surface area contributed by atoms with Gasteiger partial charge in [0.25, 0.3) is 0 Å². The smallest absolute Gasteiger partial charge is 0.0372 e. The quantitative estimate of drug-likeness (QED) is 0.747. The second-order valence-electron chi connectivity index (χ2n) is 6.04. The zero-order valence-corrected chi connectivity index (χ0v) is 13.2. The van der Waals surface area contributed by atoms with Gasteiger partial charge in [-0.15, -0.1) is 0 Å². The molecule has 2 heteroatoms. The highest BCUT2D eigenvalue weighted by Gasteiger charge is 2.26. The zero-order valence-electron chi connectivity index (χ0n) is 11.0. The first-order chi connectivity index (χ1) is 7.96. The molecule has 1 N–H and O–H groups in total. The second kappa shape index (κ2) is 5.17.